The first-order valence-corrected chi connectivity index (χ1v) is 5.74. The van der Waals surface area contributed by atoms with Gasteiger partial charge >= 0.3 is 5.97 Å². The van der Waals surface area contributed by atoms with Gasteiger partial charge < -0.3 is 10.4 Å². The van der Waals surface area contributed by atoms with Crippen molar-refractivity contribution < 1.29 is 19.1 Å². The number of amides is 1. The van der Waals surface area contributed by atoms with Gasteiger partial charge in [0.15, 0.2) is 0 Å². The molecule has 102 valence electrons. The Labute approximate surface area is 114 Å². The van der Waals surface area contributed by atoms with E-state index in [1.54, 1.807) is 19.1 Å². The minimum absolute atomic E-state index is 0.101. The van der Waals surface area contributed by atoms with Crippen molar-refractivity contribution in [2.24, 2.45) is 0 Å². The predicted octanol–water partition coefficient (Wildman–Crippen LogP) is 2.48. The second kappa shape index (κ2) is 5.48. The van der Waals surface area contributed by atoms with Crippen molar-refractivity contribution in [3.63, 3.8) is 0 Å². The van der Waals surface area contributed by atoms with E-state index in [1.807, 2.05) is 0 Å². The Morgan fingerprint density at radius 3 is 2.65 bits per heavy atom. The Morgan fingerprint density at radius 1 is 1.25 bits per heavy atom. The molecule has 1 aromatic heterocycles. The number of carboxylic acids is 1. The molecule has 6 heteroatoms. The highest BCUT2D eigenvalue weighted by Gasteiger charge is 2.11. The first-order chi connectivity index (χ1) is 9.47. The number of carboxylic acid groups (broad SMARTS) is 1. The summed E-state index contributed by atoms with van der Waals surface area (Å²) in [5.74, 6) is -2.37. The van der Waals surface area contributed by atoms with Crippen LogP contribution in [0, 0.1) is 12.9 Å². The lowest BCUT2D eigenvalue weighted by Crippen LogP contribution is -2.13. The van der Waals surface area contributed by atoms with Crippen molar-refractivity contribution >= 4 is 17.6 Å². The van der Waals surface area contributed by atoms with Crippen LogP contribution in [0.4, 0.5) is 10.1 Å². The van der Waals surface area contributed by atoms with Crippen molar-refractivity contribution in [2.75, 3.05) is 5.32 Å². The molecular formula is C14H11FN2O3. The van der Waals surface area contributed by atoms with E-state index in [2.05, 4.69) is 10.3 Å². The van der Waals surface area contributed by atoms with Gasteiger partial charge in [-0.05, 0) is 30.7 Å². The first kappa shape index (κ1) is 13.7. The van der Waals surface area contributed by atoms with E-state index in [0.29, 0.717) is 11.3 Å². The second-order valence-electron chi connectivity index (χ2n) is 4.16. The van der Waals surface area contributed by atoms with Crippen LogP contribution < -0.4 is 5.32 Å². The van der Waals surface area contributed by atoms with E-state index in [-0.39, 0.29) is 11.1 Å². The first-order valence-electron chi connectivity index (χ1n) is 5.74. The van der Waals surface area contributed by atoms with E-state index < -0.39 is 17.8 Å². The number of hydrogen-bond acceptors (Lipinski definition) is 3. The summed E-state index contributed by atoms with van der Waals surface area (Å²) in [6.07, 6.45) is 1.18. The zero-order valence-corrected chi connectivity index (χ0v) is 10.6. The fraction of sp³-hybridized carbons (Fsp3) is 0.0714. The van der Waals surface area contributed by atoms with Crippen LogP contribution in [0.2, 0.25) is 0 Å². The van der Waals surface area contributed by atoms with Gasteiger partial charge in [0, 0.05) is 23.5 Å². The Hall–Kier alpha value is -2.76. The number of nitrogens with one attached hydrogen (secondary N) is 1. The van der Waals surface area contributed by atoms with Crippen LogP contribution >= 0.6 is 0 Å². The van der Waals surface area contributed by atoms with Gasteiger partial charge in [-0.25, -0.2) is 9.78 Å². The normalized spacial score (nSPS) is 10.1. The molecule has 2 N–H and O–H groups in total. The van der Waals surface area contributed by atoms with Crippen LogP contribution in [-0.4, -0.2) is 22.0 Å². The third kappa shape index (κ3) is 2.97. The van der Waals surface area contributed by atoms with Crippen LogP contribution in [-0.2, 0) is 0 Å². The summed E-state index contributed by atoms with van der Waals surface area (Å²) in [6, 6.07) is 6.89. The van der Waals surface area contributed by atoms with Gasteiger partial charge in [0.05, 0.1) is 5.56 Å². The molecule has 0 aliphatic heterocycles. The third-order valence-corrected chi connectivity index (χ3v) is 2.71. The number of benzene rings is 1. The van der Waals surface area contributed by atoms with Gasteiger partial charge in [-0.3, -0.25) is 4.79 Å². The molecule has 0 aliphatic carbocycles. The fourth-order valence-corrected chi connectivity index (χ4v) is 1.68. The van der Waals surface area contributed by atoms with Crippen LogP contribution in [0.1, 0.15) is 26.3 Å². The molecule has 0 atom stereocenters. The molecule has 0 radical (unpaired) electrons. The standard InChI is InChI=1S/C14H11FN2O3/c1-8-2-3-10(7-11(8)14(19)20)17-13(18)9-4-5-16-12(15)6-9/h2-7H,1H3,(H,17,18)(H,19,20). The zero-order chi connectivity index (χ0) is 14.7. The van der Waals surface area contributed by atoms with Gasteiger partial charge in [0.1, 0.15) is 0 Å². The predicted molar refractivity (Wildman–Crippen MR) is 70.3 cm³/mol. The average molecular weight is 274 g/mol. The molecular weight excluding hydrogens is 263 g/mol. The molecule has 1 amide bonds. The van der Waals surface area contributed by atoms with Gasteiger partial charge in [-0.15, -0.1) is 0 Å². The van der Waals surface area contributed by atoms with Gasteiger partial charge in [-0.1, -0.05) is 6.07 Å². The lowest BCUT2D eigenvalue weighted by molar-refractivity contribution is 0.0695. The number of hydrogen-bond donors (Lipinski definition) is 2. The third-order valence-electron chi connectivity index (χ3n) is 2.71. The van der Waals surface area contributed by atoms with Crippen LogP contribution in [0.15, 0.2) is 36.5 Å². The number of halogens is 1. The molecule has 5 nitrogen and oxygen atoms in total. The average Bonchev–Trinajstić information content (AvgIpc) is 2.40. The number of carbonyl (C=O) groups excluding carboxylic acids is 1. The van der Waals surface area contributed by atoms with Gasteiger partial charge in [0.2, 0.25) is 5.95 Å². The Balaban J connectivity index is 2.24. The number of aromatic nitrogens is 1. The molecule has 2 aromatic rings. The Kier molecular flexibility index (Phi) is 3.74. The number of rotatable bonds is 3. The highest BCUT2D eigenvalue weighted by molar-refractivity contribution is 6.04. The van der Waals surface area contributed by atoms with E-state index in [1.165, 1.54) is 18.3 Å². The molecule has 0 saturated carbocycles. The highest BCUT2D eigenvalue weighted by Crippen LogP contribution is 2.16. The van der Waals surface area contributed by atoms with Crippen molar-refractivity contribution in [3.05, 3.63) is 59.2 Å². The van der Waals surface area contributed by atoms with Crippen LogP contribution in [0.5, 0.6) is 0 Å². The SMILES string of the molecule is Cc1ccc(NC(=O)c2ccnc(F)c2)cc1C(=O)O. The maximum atomic E-state index is 12.9. The number of nitrogens with zero attached hydrogens (tertiary/aromatic N) is 1. The van der Waals surface area contributed by atoms with Gasteiger partial charge in [0.25, 0.3) is 5.91 Å². The molecule has 0 fully saturated rings. The summed E-state index contributed by atoms with van der Waals surface area (Å²) in [7, 11) is 0. The largest absolute Gasteiger partial charge is 0.478 e. The molecule has 1 aromatic carbocycles. The Bertz CT molecular complexity index is 686. The van der Waals surface area contributed by atoms with Crippen molar-refractivity contribution in [1.29, 1.82) is 0 Å². The lowest BCUT2D eigenvalue weighted by atomic mass is 10.1. The topological polar surface area (TPSA) is 79.3 Å². The van der Waals surface area contributed by atoms with Gasteiger partial charge in [-0.2, -0.15) is 4.39 Å². The summed E-state index contributed by atoms with van der Waals surface area (Å²) < 4.78 is 12.9. The molecule has 1 heterocycles. The summed E-state index contributed by atoms with van der Waals surface area (Å²) in [5.41, 5.74) is 1.12. The second-order valence-corrected chi connectivity index (χ2v) is 4.16. The van der Waals surface area contributed by atoms with Crippen LogP contribution in [0.3, 0.4) is 0 Å². The Morgan fingerprint density at radius 2 is 2.00 bits per heavy atom. The number of anilines is 1. The quantitative estimate of drug-likeness (QED) is 0.843. The molecule has 0 bridgehead atoms. The molecule has 0 unspecified atom stereocenters. The molecule has 0 saturated heterocycles. The van der Waals surface area contributed by atoms with E-state index in [4.69, 9.17) is 5.11 Å². The maximum Gasteiger partial charge on any atom is 0.336 e. The van der Waals surface area contributed by atoms with Crippen molar-refractivity contribution in [3.8, 4) is 0 Å². The minimum atomic E-state index is -1.08. The number of aromatic carboxylic acids is 1. The minimum Gasteiger partial charge on any atom is -0.478 e. The molecule has 0 aliphatic rings. The summed E-state index contributed by atoms with van der Waals surface area (Å²) in [6.45, 7) is 1.66. The van der Waals surface area contributed by atoms with E-state index in [0.717, 1.165) is 6.07 Å². The monoisotopic (exact) mass is 274 g/mol. The molecule has 0 spiro atoms. The van der Waals surface area contributed by atoms with E-state index >= 15 is 0 Å². The summed E-state index contributed by atoms with van der Waals surface area (Å²) in [5, 5.41) is 11.5. The van der Waals surface area contributed by atoms with Crippen LogP contribution in [0.25, 0.3) is 0 Å². The highest BCUT2D eigenvalue weighted by atomic mass is 19.1. The van der Waals surface area contributed by atoms with E-state index in [9.17, 15) is 14.0 Å². The molecule has 2 rings (SSSR count). The number of carbonyl (C=O) groups is 2. The lowest BCUT2D eigenvalue weighted by Gasteiger charge is -2.07. The smallest absolute Gasteiger partial charge is 0.336 e. The van der Waals surface area contributed by atoms with Crippen molar-refractivity contribution in [2.45, 2.75) is 6.92 Å². The molecule has 20 heavy (non-hydrogen) atoms. The van der Waals surface area contributed by atoms with Crippen molar-refractivity contribution in [1.82, 2.24) is 4.98 Å². The number of pyridine rings is 1. The fourth-order valence-electron chi connectivity index (χ4n) is 1.68. The maximum absolute atomic E-state index is 12.9. The summed E-state index contributed by atoms with van der Waals surface area (Å²) in [4.78, 5) is 26.2. The zero-order valence-electron chi connectivity index (χ0n) is 10.6. The number of aryl methyl sites for hydroxylation is 1. The summed E-state index contributed by atoms with van der Waals surface area (Å²) >= 11 is 0.